The maximum atomic E-state index is 13.3. The zero-order valence-electron chi connectivity index (χ0n) is 15.0. The van der Waals surface area contributed by atoms with Crippen molar-refractivity contribution in [1.29, 1.82) is 0 Å². The first-order valence-corrected chi connectivity index (χ1v) is 8.68. The van der Waals surface area contributed by atoms with E-state index >= 15 is 0 Å². The summed E-state index contributed by atoms with van der Waals surface area (Å²) in [5.41, 5.74) is 6.60. The summed E-state index contributed by atoms with van der Waals surface area (Å²) in [7, 11) is 0. The van der Waals surface area contributed by atoms with E-state index in [4.69, 9.17) is 0 Å². The number of anilines is 2. The van der Waals surface area contributed by atoms with E-state index in [0.29, 0.717) is 0 Å². The van der Waals surface area contributed by atoms with Crippen molar-refractivity contribution in [1.82, 2.24) is 5.32 Å². The summed E-state index contributed by atoms with van der Waals surface area (Å²) in [6.07, 6.45) is 1.97. The molecule has 3 nitrogen and oxygen atoms in total. The van der Waals surface area contributed by atoms with E-state index in [-0.39, 0.29) is 11.9 Å². The number of aryl methyl sites for hydroxylation is 4. The Bertz CT molecular complexity index is 668. The average Bonchev–Trinajstić information content (AvgIpc) is 2.99. The van der Waals surface area contributed by atoms with Gasteiger partial charge in [-0.2, -0.15) is 0 Å². The summed E-state index contributed by atoms with van der Waals surface area (Å²) in [6, 6.07) is 12.6. The molecule has 0 radical (unpaired) electrons. The fourth-order valence-corrected chi connectivity index (χ4v) is 3.61. The number of hydrogen-bond donors (Lipinski definition) is 1. The van der Waals surface area contributed by atoms with E-state index in [2.05, 4.69) is 69.4 Å². The van der Waals surface area contributed by atoms with Crippen LogP contribution in [0.2, 0.25) is 0 Å². The Hall–Kier alpha value is -2.13. The smallest absolute Gasteiger partial charge is 0.248 e. The van der Waals surface area contributed by atoms with Crippen molar-refractivity contribution >= 4 is 17.3 Å². The molecular weight excluding hydrogens is 296 g/mol. The Labute approximate surface area is 144 Å². The molecule has 24 heavy (non-hydrogen) atoms. The highest BCUT2D eigenvalue weighted by molar-refractivity contribution is 6.04. The monoisotopic (exact) mass is 322 g/mol. The van der Waals surface area contributed by atoms with Crippen LogP contribution in [0.5, 0.6) is 0 Å². The molecule has 3 heteroatoms. The number of carbonyl (C=O) groups is 1. The summed E-state index contributed by atoms with van der Waals surface area (Å²) < 4.78 is 0. The summed E-state index contributed by atoms with van der Waals surface area (Å²) in [6.45, 7) is 9.23. The minimum Gasteiger partial charge on any atom is -0.306 e. The van der Waals surface area contributed by atoms with Crippen LogP contribution >= 0.6 is 0 Å². The van der Waals surface area contributed by atoms with E-state index < -0.39 is 0 Å². The van der Waals surface area contributed by atoms with Crippen molar-refractivity contribution in [3.63, 3.8) is 0 Å². The molecule has 0 spiro atoms. The second kappa shape index (κ2) is 6.78. The Morgan fingerprint density at radius 1 is 0.875 bits per heavy atom. The molecule has 2 aromatic rings. The largest absolute Gasteiger partial charge is 0.306 e. The van der Waals surface area contributed by atoms with Crippen molar-refractivity contribution < 1.29 is 4.79 Å². The molecule has 0 unspecified atom stereocenters. The third-order valence-corrected chi connectivity index (χ3v) is 4.51. The fraction of sp³-hybridized carbons (Fsp3) is 0.381. The van der Waals surface area contributed by atoms with Crippen LogP contribution in [-0.2, 0) is 4.79 Å². The van der Waals surface area contributed by atoms with Crippen molar-refractivity contribution in [3.05, 3.63) is 58.7 Å². The van der Waals surface area contributed by atoms with E-state index in [9.17, 15) is 4.79 Å². The van der Waals surface area contributed by atoms with Gasteiger partial charge in [0.25, 0.3) is 0 Å². The van der Waals surface area contributed by atoms with Gasteiger partial charge in [-0.1, -0.05) is 12.1 Å². The Balaban J connectivity index is 2.10. The highest BCUT2D eigenvalue weighted by atomic mass is 16.2. The SMILES string of the molecule is Cc1cc(C)cc(N(C(=O)[C@H]2CCCN2)c2cc(C)cc(C)c2)c1. The molecule has 3 rings (SSSR count). The number of benzene rings is 2. The first-order chi connectivity index (χ1) is 11.4. The zero-order valence-corrected chi connectivity index (χ0v) is 15.0. The summed E-state index contributed by atoms with van der Waals surface area (Å²) in [4.78, 5) is 15.1. The van der Waals surface area contributed by atoms with Crippen molar-refractivity contribution in [2.75, 3.05) is 11.4 Å². The predicted molar refractivity (Wildman–Crippen MR) is 100 cm³/mol. The lowest BCUT2D eigenvalue weighted by Crippen LogP contribution is -2.41. The maximum Gasteiger partial charge on any atom is 0.248 e. The molecule has 0 aliphatic carbocycles. The van der Waals surface area contributed by atoms with Gasteiger partial charge in [-0.3, -0.25) is 9.69 Å². The van der Waals surface area contributed by atoms with Gasteiger partial charge in [-0.15, -0.1) is 0 Å². The molecule has 1 atom stereocenters. The molecule has 1 saturated heterocycles. The lowest BCUT2D eigenvalue weighted by molar-refractivity contribution is -0.119. The molecule has 1 aliphatic heterocycles. The molecule has 0 bridgehead atoms. The average molecular weight is 322 g/mol. The number of nitrogens with zero attached hydrogens (tertiary/aromatic N) is 1. The highest BCUT2D eigenvalue weighted by Crippen LogP contribution is 2.30. The zero-order chi connectivity index (χ0) is 17.3. The topological polar surface area (TPSA) is 32.3 Å². The van der Waals surface area contributed by atoms with Gasteiger partial charge in [0, 0.05) is 11.4 Å². The third kappa shape index (κ3) is 3.51. The van der Waals surface area contributed by atoms with Crippen LogP contribution in [0.1, 0.15) is 35.1 Å². The second-order valence-electron chi connectivity index (χ2n) is 7.01. The van der Waals surface area contributed by atoms with Gasteiger partial charge in [-0.25, -0.2) is 0 Å². The quantitative estimate of drug-likeness (QED) is 0.912. The molecule has 1 N–H and O–H groups in total. The number of carbonyl (C=O) groups excluding carboxylic acids is 1. The normalized spacial score (nSPS) is 17.1. The van der Waals surface area contributed by atoms with Crippen LogP contribution in [0.4, 0.5) is 11.4 Å². The van der Waals surface area contributed by atoms with Crippen LogP contribution in [0.3, 0.4) is 0 Å². The van der Waals surface area contributed by atoms with Crippen molar-refractivity contribution in [2.45, 2.75) is 46.6 Å². The van der Waals surface area contributed by atoms with Crippen LogP contribution in [0, 0.1) is 27.7 Å². The number of rotatable bonds is 3. The van der Waals surface area contributed by atoms with Crippen molar-refractivity contribution in [2.24, 2.45) is 0 Å². The molecule has 1 heterocycles. The molecule has 0 aromatic heterocycles. The predicted octanol–water partition coefficient (Wildman–Crippen LogP) is 4.34. The molecule has 1 amide bonds. The Morgan fingerprint density at radius 3 is 1.71 bits per heavy atom. The summed E-state index contributed by atoms with van der Waals surface area (Å²) >= 11 is 0. The molecule has 1 fully saturated rings. The summed E-state index contributed by atoms with van der Waals surface area (Å²) in [5, 5.41) is 3.34. The van der Waals surface area contributed by atoms with Gasteiger partial charge >= 0.3 is 0 Å². The Kier molecular flexibility index (Phi) is 4.72. The van der Waals surface area contributed by atoms with Gasteiger partial charge in [0.15, 0.2) is 0 Å². The maximum absolute atomic E-state index is 13.3. The summed E-state index contributed by atoms with van der Waals surface area (Å²) in [5.74, 6) is 0.141. The van der Waals surface area contributed by atoms with E-state index in [1.54, 1.807) is 0 Å². The third-order valence-electron chi connectivity index (χ3n) is 4.51. The van der Waals surface area contributed by atoms with Gasteiger partial charge in [0.1, 0.15) is 0 Å². The van der Waals surface area contributed by atoms with Crippen LogP contribution in [0.15, 0.2) is 36.4 Å². The van der Waals surface area contributed by atoms with Gasteiger partial charge in [-0.05, 0) is 93.6 Å². The van der Waals surface area contributed by atoms with Gasteiger partial charge in [0.2, 0.25) is 5.91 Å². The lowest BCUT2D eigenvalue weighted by atomic mass is 10.1. The lowest BCUT2D eigenvalue weighted by Gasteiger charge is -2.27. The minimum absolute atomic E-state index is 0.0911. The molecule has 0 saturated carbocycles. The first kappa shape index (κ1) is 16.7. The molecular formula is C21H26N2O. The number of amides is 1. The van der Waals surface area contributed by atoms with E-state index in [0.717, 1.165) is 30.8 Å². The molecule has 126 valence electrons. The molecule has 1 aliphatic rings. The van der Waals surface area contributed by atoms with Crippen molar-refractivity contribution in [3.8, 4) is 0 Å². The van der Waals surface area contributed by atoms with Crippen LogP contribution in [0.25, 0.3) is 0 Å². The minimum atomic E-state index is -0.0911. The van der Waals surface area contributed by atoms with E-state index in [1.807, 2.05) is 4.90 Å². The standard InChI is InChI=1S/C21H26N2O/c1-14-8-15(2)11-18(10-14)23(21(24)20-6-5-7-22-20)19-12-16(3)9-17(4)13-19/h8-13,20,22H,5-7H2,1-4H3/t20-/m1/s1. The van der Waals surface area contributed by atoms with Crippen LogP contribution < -0.4 is 10.2 Å². The number of nitrogens with one attached hydrogen (secondary N) is 1. The van der Waals surface area contributed by atoms with Crippen LogP contribution in [-0.4, -0.2) is 18.5 Å². The van der Waals surface area contributed by atoms with Gasteiger partial charge < -0.3 is 5.32 Å². The van der Waals surface area contributed by atoms with Gasteiger partial charge in [0.05, 0.1) is 6.04 Å². The Morgan fingerprint density at radius 2 is 1.33 bits per heavy atom. The van der Waals surface area contributed by atoms with E-state index in [1.165, 1.54) is 22.3 Å². The fourth-order valence-electron chi connectivity index (χ4n) is 3.61. The first-order valence-electron chi connectivity index (χ1n) is 8.68. The molecule has 2 aromatic carbocycles. The highest BCUT2D eigenvalue weighted by Gasteiger charge is 2.29. The number of hydrogen-bond acceptors (Lipinski definition) is 2. The second-order valence-corrected chi connectivity index (χ2v) is 7.01.